The van der Waals surface area contributed by atoms with Gasteiger partial charge in [-0.1, -0.05) is 31.5 Å². The summed E-state index contributed by atoms with van der Waals surface area (Å²) in [5.74, 6) is -0.302. The SMILES string of the molecule is CCCN(CC(=O)NC(C=O)CCCCCSC(C)=O)C(=O)C(C)NC(=O)CNC. The van der Waals surface area contributed by atoms with E-state index >= 15 is 0 Å². The molecule has 2 atom stereocenters. The van der Waals surface area contributed by atoms with Crippen LogP contribution < -0.4 is 16.0 Å². The molecule has 0 saturated heterocycles. The van der Waals surface area contributed by atoms with E-state index in [1.165, 1.54) is 23.6 Å². The van der Waals surface area contributed by atoms with Crippen molar-refractivity contribution in [3.63, 3.8) is 0 Å². The minimum atomic E-state index is -0.750. The molecule has 30 heavy (non-hydrogen) atoms. The van der Waals surface area contributed by atoms with Crippen LogP contribution in [0.15, 0.2) is 0 Å². The van der Waals surface area contributed by atoms with E-state index in [0.717, 1.165) is 25.0 Å². The molecular weight excluding hydrogens is 408 g/mol. The molecule has 0 aromatic carbocycles. The van der Waals surface area contributed by atoms with Crippen LogP contribution in [0.1, 0.15) is 52.9 Å². The molecule has 0 aliphatic carbocycles. The van der Waals surface area contributed by atoms with Gasteiger partial charge in [0, 0.05) is 19.2 Å². The summed E-state index contributed by atoms with van der Waals surface area (Å²) in [7, 11) is 1.63. The van der Waals surface area contributed by atoms with E-state index in [1.54, 1.807) is 14.0 Å². The summed E-state index contributed by atoms with van der Waals surface area (Å²) in [6.07, 6.45) is 4.37. The molecule has 0 aliphatic heterocycles. The number of unbranched alkanes of at least 4 members (excludes halogenated alkanes) is 2. The number of hydrogen-bond donors (Lipinski definition) is 3. The molecule has 0 aliphatic rings. The molecule has 0 saturated carbocycles. The number of nitrogens with one attached hydrogen (secondary N) is 3. The maximum absolute atomic E-state index is 12.6. The lowest BCUT2D eigenvalue weighted by Crippen LogP contribution is -2.52. The van der Waals surface area contributed by atoms with Crippen LogP contribution in [-0.2, 0) is 24.0 Å². The van der Waals surface area contributed by atoms with E-state index in [1.807, 2.05) is 6.92 Å². The van der Waals surface area contributed by atoms with Crippen LogP contribution >= 0.6 is 11.8 Å². The van der Waals surface area contributed by atoms with Crippen molar-refractivity contribution in [1.29, 1.82) is 0 Å². The van der Waals surface area contributed by atoms with Gasteiger partial charge in [-0.25, -0.2) is 0 Å². The number of carbonyl (C=O) groups is 5. The Hall–Kier alpha value is -1.94. The average molecular weight is 445 g/mol. The van der Waals surface area contributed by atoms with E-state index in [-0.39, 0.29) is 30.0 Å². The summed E-state index contributed by atoms with van der Waals surface area (Å²) in [6.45, 7) is 5.30. The Labute approximate surface area is 183 Å². The molecule has 0 heterocycles. The smallest absolute Gasteiger partial charge is 0.245 e. The highest BCUT2D eigenvalue weighted by atomic mass is 32.2. The molecule has 0 aromatic rings. The summed E-state index contributed by atoms with van der Waals surface area (Å²) in [5.41, 5.74) is 0. The minimum absolute atomic E-state index is 0.0927. The largest absolute Gasteiger partial charge is 0.345 e. The number of likely N-dealkylation sites (N-methyl/N-ethyl adjacent to an activating group) is 1. The van der Waals surface area contributed by atoms with Crippen molar-refractivity contribution in [3.8, 4) is 0 Å². The third-order valence-electron chi connectivity index (χ3n) is 4.20. The van der Waals surface area contributed by atoms with Gasteiger partial charge in [0.15, 0.2) is 5.12 Å². The van der Waals surface area contributed by atoms with Crippen molar-refractivity contribution >= 4 is 40.9 Å². The van der Waals surface area contributed by atoms with Crippen molar-refractivity contribution in [2.75, 3.05) is 32.4 Å². The van der Waals surface area contributed by atoms with Gasteiger partial charge in [0.2, 0.25) is 17.7 Å². The standard InChI is InChI=1S/C20H36N4O5S/c1-5-10-24(20(29)15(2)22-18(27)12-21-4)13-19(28)23-17(14-25)9-7-6-8-11-30-16(3)26/h14-15,17,21H,5-13H2,1-4H3,(H,22,27)(H,23,28). The van der Waals surface area contributed by atoms with Gasteiger partial charge in [0.05, 0.1) is 19.1 Å². The zero-order valence-electron chi connectivity index (χ0n) is 18.5. The molecule has 0 rings (SSSR count). The zero-order chi connectivity index (χ0) is 22.9. The van der Waals surface area contributed by atoms with Crippen molar-refractivity contribution in [2.24, 2.45) is 0 Å². The van der Waals surface area contributed by atoms with Crippen LogP contribution in [0.2, 0.25) is 0 Å². The first-order chi connectivity index (χ1) is 14.2. The minimum Gasteiger partial charge on any atom is -0.345 e. The molecule has 0 spiro atoms. The fourth-order valence-electron chi connectivity index (χ4n) is 2.78. The number of carbonyl (C=O) groups excluding carboxylic acids is 5. The van der Waals surface area contributed by atoms with Gasteiger partial charge < -0.3 is 25.6 Å². The first-order valence-corrected chi connectivity index (χ1v) is 11.3. The lowest BCUT2D eigenvalue weighted by molar-refractivity contribution is -0.139. The molecule has 9 nitrogen and oxygen atoms in total. The Morgan fingerprint density at radius 2 is 1.77 bits per heavy atom. The summed E-state index contributed by atoms with van der Waals surface area (Å²) in [4.78, 5) is 60.2. The summed E-state index contributed by atoms with van der Waals surface area (Å²) in [5, 5.41) is 8.06. The second-order valence-corrected chi connectivity index (χ2v) is 8.35. The Kier molecular flexibility index (Phi) is 15.7. The van der Waals surface area contributed by atoms with E-state index in [9.17, 15) is 24.0 Å². The second-order valence-electron chi connectivity index (χ2n) is 7.08. The Balaban J connectivity index is 4.52. The molecule has 3 N–H and O–H groups in total. The predicted octanol–water partition coefficient (Wildman–Crippen LogP) is 0.473. The van der Waals surface area contributed by atoms with Crippen molar-refractivity contribution in [1.82, 2.24) is 20.9 Å². The Morgan fingerprint density at radius 1 is 1.07 bits per heavy atom. The van der Waals surface area contributed by atoms with Crippen LogP contribution in [-0.4, -0.2) is 78.5 Å². The molecule has 3 amide bonds. The van der Waals surface area contributed by atoms with Gasteiger partial charge >= 0.3 is 0 Å². The molecule has 0 fully saturated rings. The molecule has 2 unspecified atom stereocenters. The maximum atomic E-state index is 12.6. The first kappa shape index (κ1) is 28.1. The quantitative estimate of drug-likeness (QED) is 0.233. The molecule has 0 bridgehead atoms. The van der Waals surface area contributed by atoms with Gasteiger partial charge in [-0.2, -0.15) is 0 Å². The van der Waals surface area contributed by atoms with Crippen molar-refractivity contribution in [2.45, 2.75) is 65.0 Å². The van der Waals surface area contributed by atoms with E-state index < -0.39 is 18.0 Å². The predicted molar refractivity (Wildman–Crippen MR) is 118 cm³/mol. The normalized spacial score (nSPS) is 12.5. The molecule has 10 heteroatoms. The summed E-state index contributed by atoms with van der Waals surface area (Å²) < 4.78 is 0. The summed E-state index contributed by atoms with van der Waals surface area (Å²) >= 11 is 1.28. The lowest BCUT2D eigenvalue weighted by atomic mass is 10.1. The number of hydrogen-bond acceptors (Lipinski definition) is 7. The third kappa shape index (κ3) is 13.3. The fraction of sp³-hybridized carbons (Fsp3) is 0.750. The van der Waals surface area contributed by atoms with E-state index in [0.29, 0.717) is 25.7 Å². The average Bonchev–Trinajstić information content (AvgIpc) is 2.68. The highest BCUT2D eigenvalue weighted by Crippen LogP contribution is 2.09. The van der Waals surface area contributed by atoms with Crippen molar-refractivity contribution in [3.05, 3.63) is 0 Å². The highest BCUT2D eigenvalue weighted by Gasteiger charge is 2.24. The molecule has 0 radical (unpaired) electrons. The molecule has 0 aromatic heterocycles. The van der Waals surface area contributed by atoms with Crippen LogP contribution in [0.5, 0.6) is 0 Å². The van der Waals surface area contributed by atoms with Gasteiger partial charge in [-0.05, 0) is 33.2 Å². The topological polar surface area (TPSA) is 125 Å². The fourth-order valence-corrected chi connectivity index (χ4v) is 3.42. The van der Waals surface area contributed by atoms with Crippen LogP contribution in [0.25, 0.3) is 0 Å². The second kappa shape index (κ2) is 16.8. The molecular formula is C20H36N4O5S. The van der Waals surface area contributed by atoms with E-state index in [2.05, 4.69) is 16.0 Å². The first-order valence-electron chi connectivity index (χ1n) is 10.4. The Bertz CT molecular complexity index is 573. The van der Waals surface area contributed by atoms with Gasteiger partial charge in [-0.3, -0.25) is 19.2 Å². The zero-order valence-corrected chi connectivity index (χ0v) is 19.3. The molecule has 172 valence electrons. The number of rotatable bonds is 16. The number of thioether (sulfide) groups is 1. The number of nitrogens with zero attached hydrogens (tertiary/aromatic N) is 1. The summed E-state index contributed by atoms with van der Waals surface area (Å²) in [6, 6.07) is -1.36. The van der Waals surface area contributed by atoms with Gasteiger partial charge in [-0.15, -0.1) is 0 Å². The highest BCUT2D eigenvalue weighted by molar-refractivity contribution is 8.13. The van der Waals surface area contributed by atoms with Gasteiger partial charge in [0.1, 0.15) is 12.3 Å². The maximum Gasteiger partial charge on any atom is 0.245 e. The monoisotopic (exact) mass is 444 g/mol. The van der Waals surface area contributed by atoms with Crippen LogP contribution in [0.4, 0.5) is 0 Å². The van der Waals surface area contributed by atoms with Gasteiger partial charge in [0.25, 0.3) is 0 Å². The Morgan fingerprint density at radius 3 is 2.33 bits per heavy atom. The number of aldehydes is 1. The van der Waals surface area contributed by atoms with Crippen molar-refractivity contribution < 1.29 is 24.0 Å². The third-order valence-corrected chi connectivity index (χ3v) is 5.10. The van der Waals surface area contributed by atoms with Crippen LogP contribution in [0.3, 0.4) is 0 Å². The lowest BCUT2D eigenvalue weighted by Gasteiger charge is -2.26. The van der Waals surface area contributed by atoms with E-state index in [4.69, 9.17) is 0 Å². The van der Waals surface area contributed by atoms with Crippen LogP contribution in [0, 0.1) is 0 Å². The number of amides is 3.